The monoisotopic (exact) mass is 305 g/mol. The number of aliphatic hydroxyl groups excluding tert-OH is 1. The molecule has 0 spiro atoms. The lowest BCUT2D eigenvalue weighted by Gasteiger charge is -2.22. The lowest BCUT2D eigenvalue weighted by molar-refractivity contribution is -0.147. The Morgan fingerprint density at radius 1 is 1.19 bits per heavy atom. The van der Waals surface area contributed by atoms with Crippen molar-refractivity contribution >= 4 is 0 Å². The highest BCUT2D eigenvalue weighted by molar-refractivity contribution is 5.35. The van der Waals surface area contributed by atoms with Gasteiger partial charge in [0.2, 0.25) is 0 Å². The van der Waals surface area contributed by atoms with Gasteiger partial charge in [0.25, 0.3) is 0 Å². The van der Waals surface area contributed by atoms with Crippen LogP contribution in [0.2, 0.25) is 0 Å². The Balaban J connectivity index is 2.38. The first-order chi connectivity index (χ1) is 9.81. The third-order valence-corrected chi connectivity index (χ3v) is 3.04. The summed E-state index contributed by atoms with van der Waals surface area (Å²) in [5.41, 5.74) is 2.08. The summed E-state index contributed by atoms with van der Waals surface area (Å²) in [6.45, 7) is 3.21. The van der Waals surface area contributed by atoms with Gasteiger partial charge in [-0.15, -0.1) is 0 Å². The van der Waals surface area contributed by atoms with E-state index >= 15 is 0 Å². The summed E-state index contributed by atoms with van der Waals surface area (Å²) in [5, 5.41) is 8.79. The Hall–Kier alpha value is -1.27. The molecule has 0 amide bonds. The molecular formula is C15H22F3NO2. The molecule has 0 fully saturated rings. The molecule has 0 aliphatic carbocycles. The van der Waals surface area contributed by atoms with Crippen molar-refractivity contribution in [1.82, 2.24) is 4.90 Å². The summed E-state index contributed by atoms with van der Waals surface area (Å²) < 4.78 is 42.6. The van der Waals surface area contributed by atoms with E-state index in [1.165, 1.54) is 4.90 Å². The summed E-state index contributed by atoms with van der Waals surface area (Å²) in [6.07, 6.45) is -3.77. The normalized spacial score (nSPS) is 12.0. The van der Waals surface area contributed by atoms with Crippen LogP contribution in [0.5, 0.6) is 5.75 Å². The van der Waals surface area contributed by atoms with Crippen molar-refractivity contribution in [3.05, 3.63) is 29.3 Å². The molecule has 1 rings (SSSR count). The predicted molar refractivity (Wildman–Crippen MR) is 75.6 cm³/mol. The molecule has 21 heavy (non-hydrogen) atoms. The maximum Gasteiger partial charge on any atom is 0.401 e. The van der Waals surface area contributed by atoms with E-state index in [2.05, 4.69) is 0 Å². The second kappa shape index (κ2) is 8.24. The number of nitrogens with zero attached hydrogens (tertiary/aromatic N) is 1. The predicted octanol–water partition coefficient (Wildman–Crippen LogP) is 2.93. The zero-order valence-corrected chi connectivity index (χ0v) is 12.4. The van der Waals surface area contributed by atoms with E-state index in [9.17, 15) is 13.2 Å². The van der Waals surface area contributed by atoms with Crippen molar-refractivity contribution in [3.8, 4) is 5.75 Å². The smallest absolute Gasteiger partial charge is 0.401 e. The molecule has 1 aromatic carbocycles. The van der Waals surface area contributed by atoms with Crippen molar-refractivity contribution in [2.75, 3.05) is 32.8 Å². The highest BCUT2D eigenvalue weighted by Crippen LogP contribution is 2.19. The first kappa shape index (κ1) is 17.8. The summed E-state index contributed by atoms with van der Waals surface area (Å²) in [7, 11) is 0. The Labute approximate surface area is 123 Å². The molecule has 0 bridgehead atoms. The van der Waals surface area contributed by atoms with Crippen molar-refractivity contribution in [3.63, 3.8) is 0 Å². The van der Waals surface area contributed by atoms with Crippen LogP contribution in [0.3, 0.4) is 0 Å². The minimum Gasteiger partial charge on any atom is -0.493 e. The van der Waals surface area contributed by atoms with Gasteiger partial charge in [-0.25, -0.2) is 0 Å². The fourth-order valence-electron chi connectivity index (χ4n) is 2.00. The van der Waals surface area contributed by atoms with E-state index in [-0.39, 0.29) is 19.7 Å². The van der Waals surface area contributed by atoms with E-state index in [0.29, 0.717) is 13.0 Å². The van der Waals surface area contributed by atoms with Crippen molar-refractivity contribution in [1.29, 1.82) is 0 Å². The van der Waals surface area contributed by atoms with Crippen LogP contribution in [0.1, 0.15) is 17.5 Å². The van der Waals surface area contributed by atoms with Gasteiger partial charge >= 0.3 is 6.18 Å². The zero-order valence-electron chi connectivity index (χ0n) is 12.4. The molecule has 0 saturated carbocycles. The van der Waals surface area contributed by atoms with Gasteiger partial charge in [-0.2, -0.15) is 13.2 Å². The third kappa shape index (κ3) is 7.34. The Kier molecular flexibility index (Phi) is 6.98. The number of halogens is 3. The van der Waals surface area contributed by atoms with Gasteiger partial charge in [-0.1, -0.05) is 12.1 Å². The molecule has 6 heteroatoms. The summed E-state index contributed by atoms with van der Waals surface area (Å²) in [6, 6.07) is 5.84. The van der Waals surface area contributed by atoms with Crippen molar-refractivity contribution in [2.24, 2.45) is 0 Å². The average Bonchev–Trinajstić information content (AvgIpc) is 2.37. The van der Waals surface area contributed by atoms with E-state index in [4.69, 9.17) is 9.84 Å². The first-order valence-corrected chi connectivity index (χ1v) is 6.92. The molecule has 0 aliphatic rings. The Bertz CT molecular complexity index is 435. The number of hydrogen-bond donors (Lipinski definition) is 1. The van der Waals surface area contributed by atoms with Gasteiger partial charge in [-0.05, 0) is 37.5 Å². The summed E-state index contributed by atoms with van der Waals surface area (Å²) in [4.78, 5) is 1.19. The van der Waals surface area contributed by atoms with E-state index in [1.807, 2.05) is 32.0 Å². The molecule has 0 unspecified atom stereocenters. The second-order valence-electron chi connectivity index (χ2n) is 5.09. The lowest BCUT2D eigenvalue weighted by Crippen LogP contribution is -2.37. The standard InChI is InChI=1S/C15H22F3NO2/c1-12-4-5-13(2)14(10-12)21-9-3-6-19(7-8-20)11-15(16,17)18/h4-5,10,20H,3,6-9,11H2,1-2H3. The highest BCUT2D eigenvalue weighted by Gasteiger charge is 2.30. The van der Waals surface area contributed by atoms with Crippen LogP contribution in [0, 0.1) is 13.8 Å². The molecule has 0 heterocycles. The van der Waals surface area contributed by atoms with Crippen LogP contribution in [0.25, 0.3) is 0 Å². The number of ether oxygens (including phenoxy) is 1. The van der Waals surface area contributed by atoms with Crippen LogP contribution in [-0.2, 0) is 0 Å². The number of hydrogen-bond acceptors (Lipinski definition) is 3. The van der Waals surface area contributed by atoms with Crippen LogP contribution < -0.4 is 4.74 Å². The topological polar surface area (TPSA) is 32.7 Å². The minimum atomic E-state index is -4.25. The molecule has 0 saturated heterocycles. The number of aryl methyl sites for hydroxylation is 2. The first-order valence-electron chi connectivity index (χ1n) is 6.92. The Morgan fingerprint density at radius 2 is 1.90 bits per heavy atom. The van der Waals surface area contributed by atoms with Crippen molar-refractivity contribution < 1.29 is 23.0 Å². The maximum absolute atomic E-state index is 12.3. The van der Waals surface area contributed by atoms with E-state index in [0.717, 1.165) is 16.9 Å². The number of rotatable bonds is 8. The van der Waals surface area contributed by atoms with Crippen LogP contribution in [-0.4, -0.2) is 49.0 Å². The lowest BCUT2D eigenvalue weighted by atomic mass is 10.1. The second-order valence-corrected chi connectivity index (χ2v) is 5.09. The van der Waals surface area contributed by atoms with Gasteiger partial charge in [0.05, 0.1) is 19.8 Å². The summed E-state index contributed by atoms with van der Waals surface area (Å²) in [5.74, 6) is 0.763. The summed E-state index contributed by atoms with van der Waals surface area (Å²) >= 11 is 0. The van der Waals surface area contributed by atoms with Crippen LogP contribution >= 0.6 is 0 Å². The van der Waals surface area contributed by atoms with Crippen molar-refractivity contribution in [2.45, 2.75) is 26.4 Å². The molecular weight excluding hydrogens is 283 g/mol. The fourth-order valence-corrected chi connectivity index (χ4v) is 2.00. The molecule has 1 N–H and O–H groups in total. The molecule has 120 valence electrons. The Morgan fingerprint density at radius 3 is 2.52 bits per heavy atom. The maximum atomic E-state index is 12.3. The molecule has 3 nitrogen and oxygen atoms in total. The highest BCUT2D eigenvalue weighted by atomic mass is 19.4. The molecule has 0 aromatic heterocycles. The van der Waals surface area contributed by atoms with Gasteiger partial charge in [0.1, 0.15) is 5.75 Å². The quantitative estimate of drug-likeness (QED) is 0.750. The molecule has 0 radical (unpaired) electrons. The SMILES string of the molecule is Cc1ccc(C)c(OCCCN(CCO)CC(F)(F)F)c1. The molecule has 0 atom stereocenters. The van der Waals surface area contributed by atoms with E-state index < -0.39 is 12.7 Å². The van der Waals surface area contributed by atoms with E-state index in [1.54, 1.807) is 0 Å². The van der Waals surface area contributed by atoms with Gasteiger partial charge in [0, 0.05) is 13.1 Å². The van der Waals surface area contributed by atoms with Gasteiger partial charge < -0.3 is 9.84 Å². The fraction of sp³-hybridized carbons (Fsp3) is 0.600. The zero-order chi connectivity index (χ0) is 15.9. The average molecular weight is 305 g/mol. The molecule has 1 aromatic rings. The number of alkyl halides is 3. The van der Waals surface area contributed by atoms with Crippen LogP contribution in [0.15, 0.2) is 18.2 Å². The largest absolute Gasteiger partial charge is 0.493 e. The molecule has 0 aliphatic heterocycles. The van der Waals surface area contributed by atoms with Gasteiger partial charge in [0.15, 0.2) is 0 Å². The minimum absolute atomic E-state index is 0.0168. The third-order valence-electron chi connectivity index (χ3n) is 3.04. The number of aliphatic hydroxyl groups is 1. The van der Waals surface area contributed by atoms with Gasteiger partial charge in [-0.3, -0.25) is 4.90 Å². The number of benzene rings is 1. The van der Waals surface area contributed by atoms with Crippen LogP contribution in [0.4, 0.5) is 13.2 Å².